The molecule has 0 spiro atoms. The van der Waals surface area contributed by atoms with Gasteiger partial charge in [-0.1, -0.05) is 5.16 Å². The first-order chi connectivity index (χ1) is 20.0. The van der Waals surface area contributed by atoms with Crippen LogP contribution in [0.1, 0.15) is 26.7 Å². The standard InChI is InChI=1S/C21H17N9O9S3/c1-39-28-9(8-5-42-20(22)24-8)13(31)25-10-14(32)29-11(18(35)36)6(4-41-16(10)29)3-40-15-7(17(33)34)2-23-21-26-12(19(37)38)27-30(15)21/h2,5,10,16H,3-4H2,1H3,(H2,22,24)(H,25,31)(H,33,34)(H,35,36)(H,37,38)/t10-,16-/m1/s1. The number of thiazole rings is 1. The maximum Gasteiger partial charge on any atom is 0.375 e. The van der Waals surface area contributed by atoms with Crippen LogP contribution in [0.2, 0.25) is 0 Å². The molecular formula is C21H17N9O9S3. The highest BCUT2D eigenvalue weighted by molar-refractivity contribution is 8.01. The Labute approximate surface area is 245 Å². The van der Waals surface area contributed by atoms with Gasteiger partial charge in [-0.05, 0) is 5.57 Å². The summed E-state index contributed by atoms with van der Waals surface area (Å²) in [4.78, 5) is 78.8. The van der Waals surface area contributed by atoms with Gasteiger partial charge in [-0.25, -0.2) is 24.4 Å². The lowest BCUT2D eigenvalue weighted by Gasteiger charge is -2.49. The van der Waals surface area contributed by atoms with E-state index in [-0.39, 0.29) is 55.7 Å². The van der Waals surface area contributed by atoms with Crippen LogP contribution in [-0.2, 0) is 19.2 Å². The number of rotatable bonds is 10. The van der Waals surface area contributed by atoms with Gasteiger partial charge in [-0.2, -0.15) is 9.50 Å². The van der Waals surface area contributed by atoms with E-state index in [1.165, 1.54) is 24.3 Å². The van der Waals surface area contributed by atoms with Crippen LogP contribution in [0.15, 0.2) is 33.0 Å². The third-order valence-corrected chi connectivity index (χ3v) is 9.00. The number of aromatic nitrogens is 5. The molecule has 0 aromatic carbocycles. The SMILES string of the molecule is CON=C(C(=O)N[C@@H]1C(=O)N2C(C(=O)O)=C(CSc3c(C(=O)O)cnc4nc(C(=O)O)nn34)CS[C@H]12)c1csc(N)n1. The molecule has 2 aliphatic rings. The largest absolute Gasteiger partial charge is 0.478 e. The van der Waals surface area contributed by atoms with Crippen LogP contribution < -0.4 is 11.1 Å². The molecule has 0 bridgehead atoms. The molecule has 2 atom stereocenters. The van der Waals surface area contributed by atoms with Crippen LogP contribution in [0.4, 0.5) is 5.13 Å². The Hall–Kier alpha value is -4.76. The molecule has 1 fully saturated rings. The fourth-order valence-electron chi connectivity index (χ4n) is 4.04. The number of oxime groups is 1. The zero-order valence-corrected chi connectivity index (χ0v) is 23.4. The van der Waals surface area contributed by atoms with Gasteiger partial charge in [0.25, 0.3) is 23.4 Å². The van der Waals surface area contributed by atoms with Crippen LogP contribution >= 0.6 is 34.9 Å². The molecule has 3 aromatic rings. The third kappa shape index (κ3) is 5.07. The lowest BCUT2D eigenvalue weighted by molar-refractivity contribution is -0.150. The Kier molecular flexibility index (Phi) is 7.71. The second-order valence-corrected chi connectivity index (χ2v) is 11.3. The van der Waals surface area contributed by atoms with Crippen LogP contribution in [0, 0.1) is 0 Å². The Balaban J connectivity index is 1.38. The summed E-state index contributed by atoms with van der Waals surface area (Å²) in [5, 5.41) is 39.7. The van der Waals surface area contributed by atoms with Crippen molar-refractivity contribution < 1.29 is 44.1 Å². The molecule has 2 aliphatic heterocycles. The average Bonchev–Trinajstić information content (AvgIpc) is 3.58. The summed E-state index contributed by atoms with van der Waals surface area (Å²) < 4.78 is 0.951. The van der Waals surface area contributed by atoms with Gasteiger partial charge in [0.2, 0.25) is 0 Å². The predicted molar refractivity (Wildman–Crippen MR) is 145 cm³/mol. The summed E-state index contributed by atoms with van der Waals surface area (Å²) >= 11 is 3.13. The van der Waals surface area contributed by atoms with E-state index in [0.717, 1.165) is 38.7 Å². The topological polar surface area (TPSA) is 265 Å². The molecule has 18 nitrogen and oxygen atoms in total. The van der Waals surface area contributed by atoms with Crippen LogP contribution in [0.3, 0.4) is 0 Å². The third-order valence-electron chi connectivity index (χ3n) is 5.83. The number of anilines is 1. The van der Waals surface area contributed by atoms with Crippen molar-refractivity contribution in [3.05, 3.63) is 39.9 Å². The normalized spacial score (nSPS) is 18.5. The molecule has 3 aromatic heterocycles. The molecule has 218 valence electrons. The number of nitrogens with zero attached hydrogens (tertiary/aromatic N) is 7. The lowest BCUT2D eigenvalue weighted by atomic mass is 10.0. The van der Waals surface area contributed by atoms with Gasteiger partial charge in [0.15, 0.2) is 10.8 Å². The summed E-state index contributed by atoms with van der Waals surface area (Å²) in [6.45, 7) is 0. The molecule has 42 heavy (non-hydrogen) atoms. The fourth-order valence-corrected chi connectivity index (χ4v) is 7.16. The van der Waals surface area contributed by atoms with E-state index in [2.05, 4.69) is 30.5 Å². The maximum absolute atomic E-state index is 13.1. The number of carboxylic acids is 3. The molecule has 0 unspecified atom stereocenters. The summed E-state index contributed by atoms with van der Waals surface area (Å²) in [6.07, 6.45) is 0.992. The van der Waals surface area contributed by atoms with Crippen molar-refractivity contribution in [3.8, 4) is 0 Å². The minimum Gasteiger partial charge on any atom is -0.478 e. The number of hydrogen-bond acceptors (Lipinski definition) is 15. The lowest BCUT2D eigenvalue weighted by Crippen LogP contribution is -2.71. The van der Waals surface area contributed by atoms with Gasteiger partial charge in [-0.3, -0.25) is 14.5 Å². The summed E-state index contributed by atoms with van der Waals surface area (Å²) in [5.41, 5.74) is 5.20. The minimum atomic E-state index is -1.45. The Morgan fingerprint density at radius 3 is 2.60 bits per heavy atom. The van der Waals surface area contributed by atoms with Crippen molar-refractivity contribution in [2.45, 2.75) is 16.4 Å². The number of carbonyl (C=O) groups is 5. The predicted octanol–water partition coefficient (Wildman–Crippen LogP) is -0.559. The quantitative estimate of drug-likeness (QED) is 0.0614. The Morgan fingerprint density at radius 2 is 1.98 bits per heavy atom. The van der Waals surface area contributed by atoms with Crippen molar-refractivity contribution in [2.75, 3.05) is 24.3 Å². The van der Waals surface area contributed by atoms with Gasteiger partial charge in [0.1, 0.15) is 40.5 Å². The first kappa shape index (κ1) is 28.8. The number of hydrogen-bond donors (Lipinski definition) is 5. The molecular weight excluding hydrogens is 618 g/mol. The number of thioether (sulfide) groups is 2. The molecule has 6 N–H and O–H groups in total. The number of aromatic carboxylic acids is 2. The van der Waals surface area contributed by atoms with Gasteiger partial charge in [0, 0.05) is 23.1 Å². The zero-order chi connectivity index (χ0) is 30.3. The Bertz CT molecular complexity index is 1730. The van der Waals surface area contributed by atoms with Crippen LogP contribution in [-0.4, -0.2) is 110 Å². The highest BCUT2D eigenvalue weighted by Crippen LogP contribution is 2.42. The van der Waals surface area contributed by atoms with Crippen LogP contribution in [0.25, 0.3) is 5.78 Å². The summed E-state index contributed by atoms with van der Waals surface area (Å²) in [5.74, 6) is -6.45. The highest BCUT2D eigenvalue weighted by Gasteiger charge is 2.54. The average molecular weight is 636 g/mol. The van der Waals surface area contributed by atoms with E-state index >= 15 is 0 Å². The summed E-state index contributed by atoms with van der Waals surface area (Å²) in [6, 6.07) is -1.08. The number of aliphatic carboxylic acids is 1. The highest BCUT2D eigenvalue weighted by atomic mass is 32.2. The van der Waals surface area contributed by atoms with Gasteiger partial charge >= 0.3 is 17.9 Å². The Morgan fingerprint density at radius 1 is 1.21 bits per heavy atom. The minimum absolute atomic E-state index is 0.0374. The number of nitrogens with two attached hydrogens (primary N) is 1. The number of nitrogen functional groups attached to an aromatic ring is 1. The van der Waals surface area contributed by atoms with Crippen LogP contribution in [0.5, 0.6) is 0 Å². The van der Waals surface area contributed by atoms with Crippen molar-refractivity contribution in [2.24, 2.45) is 5.16 Å². The zero-order valence-electron chi connectivity index (χ0n) is 20.9. The molecule has 0 saturated carbocycles. The number of nitrogens with one attached hydrogen (secondary N) is 1. The van der Waals surface area contributed by atoms with E-state index in [4.69, 9.17) is 10.6 Å². The van der Waals surface area contributed by atoms with Crippen molar-refractivity contribution in [1.82, 2.24) is 34.8 Å². The molecule has 2 amide bonds. The number of fused-ring (bicyclic) bond motifs is 2. The first-order valence-electron chi connectivity index (χ1n) is 11.4. The van der Waals surface area contributed by atoms with Gasteiger partial charge in [-0.15, -0.1) is 40.0 Å². The number of amides is 2. The van der Waals surface area contributed by atoms with E-state index in [9.17, 15) is 39.3 Å². The molecule has 5 rings (SSSR count). The molecule has 0 aliphatic carbocycles. The summed E-state index contributed by atoms with van der Waals surface area (Å²) in [7, 11) is 1.23. The van der Waals surface area contributed by atoms with E-state index in [1.54, 1.807) is 0 Å². The molecule has 21 heteroatoms. The monoisotopic (exact) mass is 635 g/mol. The van der Waals surface area contributed by atoms with E-state index < -0.39 is 47.0 Å². The second kappa shape index (κ2) is 11.3. The second-order valence-electron chi connectivity index (χ2n) is 8.33. The number of β-lactam (4-membered cyclic amide) rings is 1. The number of carbonyl (C=O) groups excluding carboxylic acids is 2. The fraction of sp³-hybridized carbons (Fsp3) is 0.238. The maximum atomic E-state index is 13.1. The molecule has 0 radical (unpaired) electrons. The number of carboxylic acid groups (broad SMARTS) is 3. The van der Waals surface area contributed by atoms with E-state index in [1.807, 2.05) is 0 Å². The molecule has 5 heterocycles. The smallest absolute Gasteiger partial charge is 0.375 e. The van der Waals surface area contributed by atoms with E-state index in [0.29, 0.717) is 0 Å². The molecule has 1 saturated heterocycles. The van der Waals surface area contributed by atoms with Crippen molar-refractivity contribution in [3.63, 3.8) is 0 Å². The van der Waals surface area contributed by atoms with Crippen molar-refractivity contribution >= 4 is 81.2 Å². The van der Waals surface area contributed by atoms with Gasteiger partial charge in [0.05, 0.1) is 0 Å². The van der Waals surface area contributed by atoms with Crippen molar-refractivity contribution in [1.29, 1.82) is 0 Å². The first-order valence-corrected chi connectivity index (χ1v) is 14.3. The van der Waals surface area contributed by atoms with Gasteiger partial charge < -0.3 is 31.2 Å².